The minimum atomic E-state index is -1.06. The fraction of sp³-hybridized carbons (Fsp3) is 0.286. The van der Waals surface area contributed by atoms with E-state index in [1.165, 1.54) is 0 Å². The highest BCUT2D eigenvalue weighted by atomic mass is 16.5. The maximum absolute atomic E-state index is 12.4. The van der Waals surface area contributed by atoms with Gasteiger partial charge in [0.25, 0.3) is 0 Å². The molecule has 27 heavy (non-hydrogen) atoms. The number of ether oxygens (including phenoxy) is 1. The Kier molecular flexibility index (Phi) is 6.71. The maximum Gasteiger partial charge on any atom is 0.341 e. The average Bonchev–Trinajstić information content (AvgIpc) is 2.62. The van der Waals surface area contributed by atoms with Gasteiger partial charge in [-0.3, -0.25) is 9.59 Å². The van der Waals surface area contributed by atoms with E-state index < -0.39 is 12.6 Å². The maximum atomic E-state index is 12.4. The summed E-state index contributed by atoms with van der Waals surface area (Å²) in [6.07, 6.45) is 0.220. The van der Waals surface area contributed by atoms with Gasteiger partial charge in [0.2, 0.25) is 5.91 Å². The van der Waals surface area contributed by atoms with Gasteiger partial charge in [0, 0.05) is 24.1 Å². The molecule has 0 fully saturated rings. The Balaban J connectivity index is 1.92. The molecular formula is C21H23NO5. The summed E-state index contributed by atoms with van der Waals surface area (Å²) < 4.78 is 5.10. The van der Waals surface area contributed by atoms with Crippen molar-refractivity contribution < 1.29 is 24.2 Å². The molecule has 0 radical (unpaired) electrons. The van der Waals surface area contributed by atoms with Crippen LogP contribution in [0.5, 0.6) is 5.75 Å². The number of amides is 1. The first-order valence-corrected chi connectivity index (χ1v) is 8.62. The summed E-state index contributed by atoms with van der Waals surface area (Å²) in [5.74, 6) is -0.951. The van der Waals surface area contributed by atoms with Crippen molar-refractivity contribution in [2.24, 2.45) is 0 Å². The van der Waals surface area contributed by atoms with Gasteiger partial charge in [-0.2, -0.15) is 0 Å². The molecule has 2 aromatic rings. The minimum Gasteiger partial charge on any atom is -0.482 e. The number of carboxylic acid groups (broad SMARTS) is 1. The number of nitrogens with one attached hydrogen (secondary N) is 1. The van der Waals surface area contributed by atoms with E-state index in [-0.39, 0.29) is 24.5 Å². The molecule has 0 atom stereocenters. The summed E-state index contributed by atoms with van der Waals surface area (Å²) >= 11 is 0. The molecule has 6 nitrogen and oxygen atoms in total. The number of benzene rings is 2. The number of hydrogen-bond donors (Lipinski definition) is 2. The van der Waals surface area contributed by atoms with E-state index in [4.69, 9.17) is 9.84 Å². The van der Waals surface area contributed by atoms with Crippen molar-refractivity contribution in [3.05, 3.63) is 58.7 Å². The largest absolute Gasteiger partial charge is 0.482 e. The van der Waals surface area contributed by atoms with Gasteiger partial charge in [-0.1, -0.05) is 17.7 Å². The van der Waals surface area contributed by atoms with E-state index >= 15 is 0 Å². The summed E-state index contributed by atoms with van der Waals surface area (Å²) in [6.45, 7) is 5.16. The molecular weight excluding hydrogens is 346 g/mol. The normalized spacial score (nSPS) is 10.3. The number of carboxylic acids is 1. The molecule has 0 saturated heterocycles. The lowest BCUT2D eigenvalue weighted by Crippen LogP contribution is -2.15. The molecule has 0 saturated carbocycles. The summed E-state index contributed by atoms with van der Waals surface area (Å²) in [5.41, 5.74) is 3.90. The standard InChI is InChI=1S/C21H23NO5/c1-13-4-5-14(2)17(10-13)19(23)8-9-20(24)22-18-7-6-16(11-15(18)3)27-12-21(25)26/h4-7,10-11H,8-9,12H2,1-3H3,(H,22,24)(H,25,26). The van der Waals surface area contributed by atoms with Crippen LogP contribution >= 0.6 is 0 Å². The third-order valence-corrected chi connectivity index (χ3v) is 4.11. The molecule has 0 unspecified atom stereocenters. The monoisotopic (exact) mass is 369 g/mol. The Morgan fingerprint density at radius 1 is 0.963 bits per heavy atom. The van der Waals surface area contributed by atoms with Crippen molar-refractivity contribution >= 4 is 23.3 Å². The van der Waals surface area contributed by atoms with E-state index in [0.29, 0.717) is 17.0 Å². The number of rotatable bonds is 8. The molecule has 0 aliphatic heterocycles. The number of anilines is 1. The number of aryl methyl sites for hydroxylation is 3. The zero-order valence-corrected chi connectivity index (χ0v) is 15.7. The average molecular weight is 369 g/mol. The van der Waals surface area contributed by atoms with Crippen LogP contribution in [0, 0.1) is 20.8 Å². The van der Waals surface area contributed by atoms with E-state index in [1.54, 1.807) is 25.1 Å². The van der Waals surface area contributed by atoms with Gasteiger partial charge in [0.15, 0.2) is 12.4 Å². The van der Waals surface area contributed by atoms with Crippen LogP contribution in [0.15, 0.2) is 36.4 Å². The molecule has 2 rings (SSSR count). The molecule has 6 heteroatoms. The van der Waals surface area contributed by atoms with Gasteiger partial charge in [-0.25, -0.2) is 4.79 Å². The molecule has 0 heterocycles. The smallest absolute Gasteiger partial charge is 0.341 e. The number of carbonyl (C=O) groups is 3. The summed E-state index contributed by atoms with van der Waals surface area (Å²) in [7, 11) is 0. The predicted molar refractivity (Wildman–Crippen MR) is 102 cm³/mol. The predicted octanol–water partition coefficient (Wildman–Crippen LogP) is 3.68. The van der Waals surface area contributed by atoms with Gasteiger partial charge in [-0.15, -0.1) is 0 Å². The van der Waals surface area contributed by atoms with Crippen LogP contribution in [0.1, 0.15) is 39.9 Å². The second kappa shape index (κ2) is 8.98. The summed E-state index contributed by atoms with van der Waals surface area (Å²) in [4.78, 5) is 35.1. The SMILES string of the molecule is Cc1ccc(C)c(C(=O)CCC(=O)Nc2ccc(OCC(=O)O)cc2C)c1. The van der Waals surface area contributed by atoms with E-state index in [9.17, 15) is 14.4 Å². The zero-order chi connectivity index (χ0) is 20.0. The van der Waals surface area contributed by atoms with Gasteiger partial charge in [0.1, 0.15) is 5.75 Å². The molecule has 142 valence electrons. The molecule has 1 amide bonds. The number of hydrogen-bond acceptors (Lipinski definition) is 4. The van der Waals surface area contributed by atoms with E-state index in [0.717, 1.165) is 16.7 Å². The zero-order valence-electron chi connectivity index (χ0n) is 15.7. The van der Waals surface area contributed by atoms with E-state index in [1.807, 2.05) is 32.0 Å². The third kappa shape index (κ3) is 5.95. The summed E-state index contributed by atoms with van der Waals surface area (Å²) in [5, 5.41) is 11.4. The quantitative estimate of drug-likeness (QED) is 0.693. The van der Waals surface area contributed by atoms with Crippen LogP contribution in [0.2, 0.25) is 0 Å². The number of carbonyl (C=O) groups excluding carboxylic acids is 2. The first kappa shape index (κ1) is 20.2. The van der Waals surface area contributed by atoms with Crippen molar-refractivity contribution in [2.45, 2.75) is 33.6 Å². The molecule has 0 bridgehead atoms. The first-order valence-electron chi connectivity index (χ1n) is 8.62. The van der Waals surface area contributed by atoms with E-state index in [2.05, 4.69) is 5.32 Å². The fourth-order valence-corrected chi connectivity index (χ4v) is 2.62. The van der Waals surface area contributed by atoms with Crippen LogP contribution in [0.3, 0.4) is 0 Å². The lowest BCUT2D eigenvalue weighted by Gasteiger charge is -2.11. The van der Waals surface area contributed by atoms with Gasteiger partial charge in [-0.05, 0) is 56.2 Å². The van der Waals surface area contributed by atoms with Gasteiger partial charge in [0.05, 0.1) is 0 Å². The van der Waals surface area contributed by atoms with Crippen molar-refractivity contribution in [3.63, 3.8) is 0 Å². The Morgan fingerprint density at radius 3 is 2.37 bits per heavy atom. The highest BCUT2D eigenvalue weighted by molar-refractivity contribution is 6.01. The van der Waals surface area contributed by atoms with Gasteiger partial charge >= 0.3 is 5.97 Å². The Labute approximate surface area is 158 Å². The minimum absolute atomic E-state index is 0.0551. The highest BCUT2D eigenvalue weighted by Crippen LogP contribution is 2.22. The number of aliphatic carboxylic acids is 1. The second-order valence-corrected chi connectivity index (χ2v) is 6.45. The Hall–Kier alpha value is -3.15. The molecule has 0 aliphatic rings. The van der Waals surface area contributed by atoms with Gasteiger partial charge < -0.3 is 15.2 Å². The van der Waals surface area contributed by atoms with Crippen molar-refractivity contribution in [1.82, 2.24) is 0 Å². The topological polar surface area (TPSA) is 92.7 Å². The number of ketones is 1. The van der Waals surface area contributed by atoms with Crippen molar-refractivity contribution in [1.29, 1.82) is 0 Å². The molecule has 2 N–H and O–H groups in total. The number of Topliss-reactive ketones (excluding diaryl/α,β-unsaturated/α-hetero) is 1. The third-order valence-electron chi connectivity index (χ3n) is 4.11. The Bertz CT molecular complexity index is 873. The lowest BCUT2D eigenvalue weighted by atomic mass is 9.99. The molecule has 0 aliphatic carbocycles. The second-order valence-electron chi connectivity index (χ2n) is 6.45. The van der Waals surface area contributed by atoms with Crippen LogP contribution in [-0.2, 0) is 9.59 Å². The Morgan fingerprint density at radius 2 is 1.70 bits per heavy atom. The molecule has 2 aromatic carbocycles. The van der Waals surface area contributed by atoms with Crippen LogP contribution in [-0.4, -0.2) is 29.4 Å². The summed E-state index contributed by atoms with van der Waals surface area (Å²) in [6, 6.07) is 10.6. The molecule has 0 aromatic heterocycles. The highest BCUT2D eigenvalue weighted by Gasteiger charge is 2.13. The van der Waals surface area contributed by atoms with Crippen molar-refractivity contribution in [3.8, 4) is 5.75 Å². The van der Waals surface area contributed by atoms with Crippen LogP contribution in [0.4, 0.5) is 5.69 Å². The van der Waals surface area contributed by atoms with Crippen LogP contribution < -0.4 is 10.1 Å². The first-order chi connectivity index (χ1) is 12.8. The lowest BCUT2D eigenvalue weighted by molar-refractivity contribution is -0.139. The van der Waals surface area contributed by atoms with Crippen LogP contribution in [0.25, 0.3) is 0 Å². The molecule has 0 spiro atoms. The van der Waals surface area contributed by atoms with Crippen molar-refractivity contribution in [2.75, 3.05) is 11.9 Å². The fourth-order valence-electron chi connectivity index (χ4n) is 2.62.